The number of carboxylic acid groups (broad SMARTS) is 1. The van der Waals surface area contributed by atoms with Crippen LogP contribution in [0.15, 0.2) is 59.5 Å². The molecule has 3 rings (SSSR count). The maximum absolute atomic E-state index is 14.4. The van der Waals surface area contributed by atoms with Crippen molar-refractivity contribution < 1.29 is 101 Å². The number of pyridine rings is 1. The summed E-state index contributed by atoms with van der Waals surface area (Å²) in [6, 6.07) is 6.31. The van der Waals surface area contributed by atoms with Crippen molar-refractivity contribution >= 4 is 17.7 Å². The zero-order chi connectivity index (χ0) is 26.6. The molecule has 2 amide bonds. The molecular weight excluding hydrogens is 536 g/mol. The van der Waals surface area contributed by atoms with Gasteiger partial charge >= 0.3 is 71.5 Å². The maximum atomic E-state index is 14.4. The van der Waals surface area contributed by atoms with Gasteiger partial charge in [-0.05, 0) is 47.0 Å². The van der Waals surface area contributed by atoms with Gasteiger partial charge in [-0.25, -0.2) is 9.18 Å². The van der Waals surface area contributed by atoms with E-state index in [1.54, 1.807) is 0 Å². The normalized spacial score (nSPS) is 11.4. The number of anilines is 1. The largest absolute Gasteiger partial charge is 1.00 e. The van der Waals surface area contributed by atoms with Crippen molar-refractivity contribution in [2.75, 3.05) is 5.32 Å². The number of carbonyl (C=O) groups is 2. The molecule has 0 radical (unpaired) electrons. The molecule has 38 heavy (non-hydrogen) atoms. The first-order valence-electron chi connectivity index (χ1n) is 10.1. The number of rotatable bonds is 7. The number of amides is 2. The summed E-state index contributed by atoms with van der Waals surface area (Å²) in [4.78, 5) is 35.9. The van der Waals surface area contributed by atoms with Crippen LogP contribution in [-0.2, 0) is 11.8 Å². The van der Waals surface area contributed by atoms with E-state index in [-0.39, 0.29) is 75.8 Å². The van der Waals surface area contributed by atoms with E-state index < -0.39 is 59.4 Å². The van der Waals surface area contributed by atoms with Crippen molar-refractivity contribution in [1.82, 2.24) is 9.88 Å². The molecule has 0 aliphatic rings. The number of aliphatic carboxylic acids is 1. The Hall–Kier alpha value is -2.55. The van der Waals surface area contributed by atoms with Crippen molar-refractivity contribution in [2.45, 2.75) is 18.8 Å². The summed E-state index contributed by atoms with van der Waals surface area (Å²) >= 11 is 0. The Bertz CT molecular complexity index is 1370. The first-order chi connectivity index (χ1) is 16.8. The number of carbonyl (C=O) groups excluding carboxylic acids is 2. The summed E-state index contributed by atoms with van der Waals surface area (Å²) in [6.07, 6.45) is -4.59. The van der Waals surface area contributed by atoms with E-state index in [9.17, 15) is 42.2 Å². The van der Waals surface area contributed by atoms with Gasteiger partial charge in [-0.3, -0.25) is 4.79 Å². The zero-order valence-corrected chi connectivity index (χ0v) is 24.4. The van der Waals surface area contributed by atoms with Gasteiger partial charge < -0.3 is 34.9 Å². The van der Waals surface area contributed by atoms with E-state index in [2.05, 4.69) is 15.4 Å². The van der Waals surface area contributed by atoms with Crippen LogP contribution >= 0.6 is 0 Å². The first kappa shape index (κ1) is 33.5. The van der Waals surface area contributed by atoms with Crippen LogP contribution in [0.3, 0.4) is 0 Å². The van der Waals surface area contributed by atoms with Crippen LogP contribution in [0.4, 0.5) is 28.0 Å². The standard InChI is InChI=1S/C23H19F4N3O6.2Na/c1-30-6-5-18(31)20(21(30)34)29-22(35)28-17(11-19(32)33)14-7-13(8-15(24)9-14)12-3-2-4-16(10-12)36-23(25,26)27;;/h2-10,17,31H,11H2,1H3,(H,32,33)(H2,28,29,35);;/q;2*+1/p-2/t17-;;/m0../s1. The molecule has 0 aliphatic carbocycles. The Labute approximate surface area is 257 Å². The SMILES string of the molecule is Cn1ccc([O-])c(NC(=O)N[C@@H](CC(=O)[O-])c2cc(F)cc(-c3cccc(OC(F)(F)F)c3)c2)c1=O.[Na+].[Na+]. The number of benzene rings is 2. The number of carboxylic acids is 1. The summed E-state index contributed by atoms with van der Waals surface area (Å²) in [7, 11) is 1.34. The third kappa shape index (κ3) is 9.33. The van der Waals surface area contributed by atoms with E-state index in [4.69, 9.17) is 0 Å². The van der Waals surface area contributed by atoms with E-state index in [0.717, 1.165) is 34.9 Å². The van der Waals surface area contributed by atoms with Crippen LogP contribution in [0.25, 0.3) is 11.1 Å². The molecule has 2 aromatic carbocycles. The number of urea groups is 1. The number of alkyl halides is 3. The minimum atomic E-state index is -4.95. The molecule has 190 valence electrons. The van der Waals surface area contributed by atoms with Crippen LogP contribution in [-0.4, -0.2) is 22.9 Å². The number of halogens is 4. The van der Waals surface area contributed by atoms with Crippen molar-refractivity contribution in [1.29, 1.82) is 0 Å². The Morgan fingerprint density at radius 2 is 1.76 bits per heavy atom. The average Bonchev–Trinajstić information content (AvgIpc) is 2.77. The van der Waals surface area contributed by atoms with Gasteiger partial charge in [-0.2, -0.15) is 0 Å². The topological polar surface area (TPSA) is 136 Å². The van der Waals surface area contributed by atoms with Crippen LogP contribution in [0.2, 0.25) is 0 Å². The number of hydrogen-bond donors (Lipinski definition) is 2. The third-order valence-corrected chi connectivity index (χ3v) is 4.87. The molecular formula is C23H17F4N3Na2O6. The minimum absolute atomic E-state index is 0. The molecule has 1 aromatic heterocycles. The fourth-order valence-corrected chi connectivity index (χ4v) is 3.31. The fraction of sp³-hybridized carbons (Fsp3) is 0.174. The molecule has 2 N–H and O–H groups in total. The molecule has 0 bridgehead atoms. The van der Waals surface area contributed by atoms with Crippen molar-refractivity contribution in [3.8, 4) is 22.6 Å². The van der Waals surface area contributed by atoms with Gasteiger partial charge in [-0.15, -0.1) is 13.2 Å². The summed E-state index contributed by atoms with van der Waals surface area (Å²) in [5, 5.41) is 27.5. The Morgan fingerprint density at radius 1 is 1.08 bits per heavy atom. The molecule has 15 heteroatoms. The summed E-state index contributed by atoms with van der Waals surface area (Å²) in [5.41, 5.74) is -1.32. The number of aryl methyl sites for hydroxylation is 1. The van der Waals surface area contributed by atoms with E-state index in [1.807, 2.05) is 0 Å². The number of hydrogen-bond acceptors (Lipinski definition) is 6. The summed E-state index contributed by atoms with van der Waals surface area (Å²) in [6.45, 7) is 0. The number of ether oxygens (including phenoxy) is 1. The third-order valence-electron chi connectivity index (χ3n) is 4.87. The Morgan fingerprint density at radius 3 is 2.39 bits per heavy atom. The monoisotopic (exact) mass is 553 g/mol. The van der Waals surface area contributed by atoms with Gasteiger partial charge in [0.1, 0.15) is 17.3 Å². The molecule has 0 spiro atoms. The van der Waals surface area contributed by atoms with Crippen molar-refractivity contribution in [3.63, 3.8) is 0 Å². The van der Waals surface area contributed by atoms with Crippen LogP contribution < -0.4 is 90.3 Å². The minimum Gasteiger partial charge on any atom is -0.871 e. The number of nitrogens with zero attached hydrogens (tertiary/aromatic N) is 1. The van der Waals surface area contributed by atoms with E-state index in [1.165, 1.54) is 31.4 Å². The quantitative estimate of drug-likeness (QED) is 0.228. The predicted octanol–water partition coefficient (Wildman–Crippen LogP) is -3.83. The maximum Gasteiger partial charge on any atom is 1.00 e. The number of aromatic nitrogens is 1. The molecule has 0 aliphatic heterocycles. The summed E-state index contributed by atoms with van der Waals surface area (Å²) < 4.78 is 57.0. The predicted molar refractivity (Wildman–Crippen MR) is 114 cm³/mol. The van der Waals surface area contributed by atoms with E-state index in [0.29, 0.717) is 0 Å². The molecule has 1 heterocycles. The van der Waals surface area contributed by atoms with Gasteiger partial charge in [0.05, 0.1) is 6.04 Å². The van der Waals surface area contributed by atoms with Gasteiger partial charge in [0.25, 0.3) is 5.56 Å². The molecule has 0 fully saturated rings. The second-order valence-electron chi connectivity index (χ2n) is 7.55. The molecule has 3 aromatic rings. The Kier molecular flexibility index (Phi) is 12.3. The Balaban J connectivity index is 0.00000361. The second kappa shape index (κ2) is 14.0. The van der Waals surface area contributed by atoms with Gasteiger partial charge in [-0.1, -0.05) is 23.9 Å². The smallest absolute Gasteiger partial charge is 0.871 e. The average molecular weight is 553 g/mol. The molecule has 0 saturated carbocycles. The second-order valence-corrected chi connectivity index (χ2v) is 7.55. The van der Waals surface area contributed by atoms with Crippen molar-refractivity contribution in [3.05, 3.63) is 76.5 Å². The fourth-order valence-electron chi connectivity index (χ4n) is 3.31. The van der Waals surface area contributed by atoms with Crippen LogP contribution in [0.5, 0.6) is 11.5 Å². The molecule has 1 atom stereocenters. The van der Waals surface area contributed by atoms with Gasteiger partial charge in [0, 0.05) is 25.6 Å². The first-order valence-corrected chi connectivity index (χ1v) is 10.1. The van der Waals surface area contributed by atoms with Crippen LogP contribution in [0, 0.1) is 5.82 Å². The van der Waals surface area contributed by atoms with Crippen molar-refractivity contribution in [2.24, 2.45) is 7.05 Å². The zero-order valence-electron chi connectivity index (χ0n) is 20.4. The number of nitrogens with one attached hydrogen (secondary N) is 2. The van der Waals surface area contributed by atoms with E-state index >= 15 is 0 Å². The molecule has 9 nitrogen and oxygen atoms in total. The molecule has 0 saturated heterocycles. The van der Waals surface area contributed by atoms with Gasteiger partial charge in [0.2, 0.25) is 0 Å². The molecule has 0 unspecified atom stereocenters. The summed E-state index contributed by atoms with van der Waals surface area (Å²) in [5.74, 6) is -3.85. The van der Waals surface area contributed by atoms with Gasteiger partial charge in [0.15, 0.2) is 0 Å². The van der Waals surface area contributed by atoms with Crippen LogP contribution in [0.1, 0.15) is 18.0 Å².